The third-order valence-corrected chi connectivity index (χ3v) is 7.25. The fourth-order valence-electron chi connectivity index (χ4n) is 5.65. The highest BCUT2D eigenvalue weighted by Gasteiger charge is 2.60. The highest BCUT2D eigenvalue weighted by molar-refractivity contribution is 6.25. The average molecular weight is 463 g/mol. The summed E-state index contributed by atoms with van der Waals surface area (Å²) in [7, 11) is 0. The van der Waals surface area contributed by atoms with Gasteiger partial charge in [-0.25, -0.2) is 9.69 Å². The van der Waals surface area contributed by atoms with Gasteiger partial charge in [-0.2, -0.15) is 5.26 Å². The Morgan fingerprint density at radius 2 is 1.63 bits per heavy atom. The van der Waals surface area contributed by atoms with E-state index in [1.165, 1.54) is 4.90 Å². The topological polar surface area (TPSA) is 90.7 Å². The molecule has 2 saturated heterocycles. The van der Waals surface area contributed by atoms with Crippen LogP contribution in [0.25, 0.3) is 10.8 Å². The van der Waals surface area contributed by atoms with Crippen LogP contribution in [0.15, 0.2) is 78.9 Å². The van der Waals surface area contributed by atoms with Gasteiger partial charge in [0.1, 0.15) is 6.61 Å². The molecular weight excluding hydrogens is 442 g/mol. The fourth-order valence-corrected chi connectivity index (χ4v) is 5.65. The zero-order valence-electron chi connectivity index (χ0n) is 18.7. The molecule has 2 bridgehead atoms. The molecule has 3 aliphatic heterocycles. The van der Waals surface area contributed by atoms with Crippen LogP contribution in [0.3, 0.4) is 0 Å². The molecule has 35 heavy (non-hydrogen) atoms. The molecule has 0 spiro atoms. The summed E-state index contributed by atoms with van der Waals surface area (Å²) in [6.45, 7) is 0.471. The number of rotatable bonds is 3. The van der Waals surface area contributed by atoms with Crippen LogP contribution in [0.1, 0.15) is 11.1 Å². The van der Waals surface area contributed by atoms with E-state index in [2.05, 4.69) is 6.07 Å². The van der Waals surface area contributed by atoms with E-state index in [4.69, 9.17) is 4.74 Å². The third kappa shape index (κ3) is 3.22. The van der Waals surface area contributed by atoms with Crippen molar-refractivity contribution in [3.8, 4) is 6.07 Å². The quantitative estimate of drug-likeness (QED) is 0.432. The Kier molecular flexibility index (Phi) is 4.89. The van der Waals surface area contributed by atoms with E-state index in [9.17, 15) is 19.6 Å². The molecule has 172 valence electrons. The zero-order chi connectivity index (χ0) is 24.1. The summed E-state index contributed by atoms with van der Waals surface area (Å²) >= 11 is 0. The van der Waals surface area contributed by atoms with Crippen LogP contribution in [-0.2, 0) is 20.9 Å². The first kappa shape index (κ1) is 21.1. The van der Waals surface area contributed by atoms with E-state index in [0.717, 1.165) is 5.56 Å². The van der Waals surface area contributed by atoms with Gasteiger partial charge < -0.3 is 9.64 Å². The molecule has 1 aliphatic carbocycles. The van der Waals surface area contributed by atoms with Gasteiger partial charge in [-0.1, -0.05) is 66.7 Å². The van der Waals surface area contributed by atoms with E-state index in [1.807, 2.05) is 66.7 Å². The van der Waals surface area contributed by atoms with Gasteiger partial charge in [0.25, 0.3) is 0 Å². The Balaban J connectivity index is 1.31. The molecule has 4 atom stereocenters. The van der Waals surface area contributed by atoms with Crippen molar-refractivity contribution in [2.24, 2.45) is 17.8 Å². The monoisotopic (exact) mass is 463 g/mol. The Hall–Kier alpha value is -4.44. The molecule has 0 unspecified atom stereocenters. The van der Waals surface area contributed by atoms with Crippen molar-refractivity contribution in [1.29, 1.82) is 5.26 Å². The molecule has 7 nitrogen and oxygen atoms in total. The second-order valence-corrected chi connectivity index (χ2v) is 9.08. The largest absolute Gasteiger partial charge is 0.445 e. The number of carbonyl (C=O) groups is 3. The Morgan fingerprint density at radius 3 is 2.40 bits per heavy atom. The van der Waals surface area contributed by atoms with Crippen molar-refractivity contribution in [2.75, 3.05) is 11.4 Å². The predicted molar refractivity (Wildman–Crippen MR) is 128 cm³/mol. The van der Waals surface area contributed by atoms with Gasteiger partial charge >= 0.3 is 6.09 Å². The highest BCUT2D eigenvalue weighted by atomic mass is 16.6. The maximum Gasteiger partial charge on any atom is 0.410 e. The molecule has 3 heterocycles. The van der Waals surface area contributed by atoms with Gasteiger partial charge in [-0.15, -0.1) is 0 Å². The number of nitrogens with zero attached hydrogens (tertiary/aromatic N) is 3. The van der Waals surface area contributed by atoms with E-state index < -0.39 is 24.0 Å². The number of imide groups is 1. The first-order chi connectivity index (χ1) is 17.1. The minimum atomic E-state index is -0.662. The van der Waals surface area contributed by atoms with Crippen LogP contribution in [0.4, 0.5) is 10.5 Å². The van der Waals surface area contributed by atoms with Crippen LogP contribution in [0.2, 0.25) is 0 Å². The number of fused-ring (bicyclic) bond motifs is 2. The normalized spacial score (nSPS) is 24.5. The maximum absolute atomic E-state index is 13.7. The lowest BCUT2D eigenvalue weighted by molar-refractivity contribution is -0.126. The summed E-state index contributed by atoms with van der Waals surface area (Å²) in [6.07, 6.45) is 3.30. The van der Waals surface area contributed by atoms with E-state index in [-0.39, 0.29) is 24.3 Å². The van der Waals surface area contributed by atoms with Crippen molar-refractivity contribution in [3.63, 3.8) is 0 Å². The summed E-state index contributed by atoms with van der Waals surface area (Å²) in [5.74, 6) is -2.03. The number of hydrogen-bond acceptors (Lipinski definition) is 5. The summed E-state index contributed by atoms with van der Waals surface area (Å²) in [5.41, 5.74) is 1.83. The van der Waals surface area contributed by atoms with Crippen molar-refractivity contribution in [1.82, 2.24) is 4.90 Å². The van der Waals surface area contributed by atoms with Crippen LogP contribution in [0.5, 0.6) is 0 Å². The van der Waals surface area contributed by atoms with Gasteiger partial charge in [0, 0.05) is 23.2 Å². The molecule has 3 aromatic carbocycles. The molecule has 0 aromatic heterocycles. The van der Waals surface area contributed by atoms with Gasteiger partial charge in [0.05, 0.1) is 35.2 Å². The number of piperidine rings is 1. The summed E-state index contributed by atoms with van der Waals surface area (Å²) in [5, 5.41) is 10.8. The Bertz CT molecular complexity index is 1440. The van der Waals surface area contributed by atoms with Crippen LogP contribution in [0, 0.1) is 29.1 Å². The van der Waals surface area contributed by atoms with Crippen molar-refractivity contribution in [3.05, 3.63) is 90.0 Å². The molecule has 3 amide bonds. The molecule has 7 rings (SSSR count). The van der Waals surface area contributed by atoms with Crippen LogP contribution < -0.4 is 4.90 Å². The minimum Gasteiger partial charge on any atom is -0.445 e. The van der Waals surface area contributed by atoms with Gasteiger partial charge in [-0.05, 0) is 17.7 Å². The summed E-state index contributed by atoms with van der Waals surface area (Å²) in [6, 6.07) is 21.6. The first-order valence-electron chi connectivity index (χ1n) is 11.5. The van der Waals surface area contributed by atoms with Gasteiger partial charge in [-0.3, -0.25) is 9.59 Å². The van der Waals surface area contributed by atoms with Crippen LogP contribution in [-0.4, -0.2) is 35.4 Å². The number of ether oxygens (including phenoxy) is 1. The fraction of sp³-hybridized carbons (Fsp3) is 0.214. The van der Waals surface area contributed by atoms with Gasteiger partial charge in [0.15, 0.2) is 0 Å². The standard InChI is InChI=1S/C28H21N3O4/c29-14-18-10-12-22(21-9-5-4-8-20(18)21)31-26(32)24-19-11-13-23(25(24)27(31)33)30(15-19)28(34)35-16-17-6-2-1-3-7-17/h1-13,19,23-25H,15-16H2/t19-,23-,24-,25+/m0/s1. The SMILES string of the molecule is N#Cc1ccc(N2C(=O)[C@@H]3[C@H](C2=O)[C@@H]2C=C[C@H]3CN2C(=O)OCc2ccccc2)c2ccccc12. The number of carbonyl (C=O) groups excluding carboxylic acids is 3. The smallest absolute Gasteiger partial charge is 0.410 e. The lowest BCUT2D eigenvalue weighted by Gasteiger charge is -2.45. The second kappa shape index (κ2) is 8.10. The molecule has 2 fully saturated rings. The van der Waals surface area contributed by atoms with Crippen molar-refractivity contribution < 1.29 is 19.1 Å². The maximum atomic E-state index is 13.7. The number of benzene rings is 3. The number of hydrogen-bond donors (Lipinski definition) is 0. The average Bonchev–Trinajstić information content (AvgIpc) is 3.19. The number of nitriles is 1. The van der Waals surface area contributed by atoms with Crippen molar-refractivity contribution in [2.45, 2.75) is 12.6 Å². The first-order valence-corrected chi connectivity index (χ1v) is 11.5. The number of anilines is 1. The lowest BCUT2D eigenvalue weighted by Crippen LogP contribution is -2.58. The highest BCUT2D eigenvalue weighted by Crippen LogP contribution is 2.47. The molecule has 0 N–H and O–H groups in total. The molecule has 3 aromatic rings. The van der Waals surface area contributed by atoms with Crippen molar-refractivity contribution >= 4 is 34.4 Å². The van der Waals surface area contributed by atoms with E-state index in [0.29, 0.717) is 28.6 Å². The Morgan fingerprint density at radius 1 is 0.914 bits per heavy atom. The zero-order valence-corrected chi connectivity index (χ0v) is 18.7. The molecule has 4 aliphatic rings. The number of amides is 3. The van der Waals surface area contributed by atoms with Crippen LogP contribution >= 0.6 is 0 Å². The summed E-state index contributed by atoms with van der Waals surface area (Å²) < 4.78 is 5.54. The Labute approximate surface area is 201 Å². The van der Waals surface area contributed by atoms with Gasteiger partial charge in [0.2, 0.25) is 11.8 Å². The molecule has 0 saturated carbocycles. The van der Waals surface area contributed by atoms with E-state index in [1.54, 1.807) is 17.0 Å². The molecule has 7 heteroatoms. The third-order valence-electron chi connectivity index (χ3n) is 7.25. The lowest BCUT2D eigenvalue weighted by atomic mass is 9.70. The predicted octanol–water partition coefficient (Wildman–Crippen LogP) is 4.02. The molecule has 0 radical (unpaired) electrons. The van der Waals surface area contributed by atoms with E-state index >= 15 is 0 Å². The minimum absolute atomic E-state index is 0.140. The summed E-state index contributed by atoms with van der Waals surface area (Å²) in [4.78, 5) is 43.1. The molecular formula is C28H21N3O4. The second-order valence-electron chi connectivity index (χ2n) is 9.08.